The summed E-state index contributed by atoms with van der Waals surface area (Å²) >= 11 is 4.82. The zero-order chi connectivity index (χ0) is 11.7. The Morgan fingerprint density at radius 1 is 1.33 bits per heavy atom. The van der Waals surface area contributed by atoms with Crippen LogP contribution < -0.4 is 4.74 Å². The first-order valence-electron chi connectivity index (χ1n) is 4.03. The predicted molar refractivity (Wildman–Crippen MR) is 56.4 cm³/mol. The largest absolute Gasteiger partial charge is 0.497 e. The van der Waals surface area contributed by atoms with E-state index in [2.05, 4.69) is 0 Å². The molecule has 1 rings (SSSR count). The van der Waals surface area contributed by atoms with E-state index in [4.69, 9.17) is 21.4 Å². The van der Waals surface area contributed by atoms with E-state index in [0.29, 0.717) is 0 Å². The van der Waals surface area contributed by atoms with Crippen LogP contribution in [0.3, 0.4) is 0 Å². The van der Waals surface area contributed by atoms with Gasteiger partial charge in [-0.25, -0.2) is 4.79 Å². The molecule has 1 aromatic carbocycles. The average molecular weight is 231 g/mol. The maximum Gasteiger partial charge on any atom is 0.373 e. The van der Waals surface area contributed by atoms with Gasteiger partial charge in [0.15, 0.2) is 0 Å². The van der Waals surface area contributed by atoms with E-state index in [1.54, 1.807) is 7.11 Å². The number of carbonyl (C=O) groups excluding carboxylic acids is 1. The predicted octanol–water partition coefficient (Wildman–Crippen LogP) is 1.57. The number of hydrogen-bond donors (Lipinski definition) is 1. The van der Waals surface area contributed by atoms with E-state index in [-0.39, 0.29) is 0 Å². The highest BCUT2D eigenvalue weighted by molar-refractivity contribution is 6.44. The van der Waals surface area contributed by atoms with Gasteiger partial charge in [-0.05, 0) is 12.1 Å². The fourth-order valence-corrected chi connectivity index (χ4v) is 0.728. The quantitative estimate of drug-likeness (QED) is 0.633. The SMILES string of the molecule is COc1ccccc1.O=C(O)C(=O)CCl. The number of aliphatic carboxylic acids is 1. The van der Waals surface area contributed by atoms with E-state index < -0.39 is 17.6 Å². The molecule has 0 aliphatic heterocycles. The maximum atomic E-state index is 9.78. The number of benzene rings is 1. The van der Waals surface area contributed by atoms with Crippen molar-refractivity contribution in [1.82, 2.24) is 0 Å². The van der Waals surface area contributed by atoms with Gasteiger partial charge >= 0.3 is 5.97 Å². The van der Waals surface area contributed by atoms with Crippen LogP contribution in [0.25, 0.3) is 0 Å². The van der Waals surface area contributed by atoms with Gasteiger partial charge in [0, 0.05) is 0 Å². The zero-order valence-corrected chi connectivity index (χ0v) is 8.90. The molecule has 82 valence electrons. The van der Waals surface area contributed by atoms with E-state index in [0.717, 1.165) is 5.75 Å². The van der Waals surface area contributed by atoms with Crippen LogP contribution >= 0.6 is 11.6 Å². The third-order valence-corrected chi connectivity index (χ3v) is 1.58. The molecule has 0 saturated carbocycles. The molecule has 0 heterocycles. The number of rotatable bonds is 3. The summed E-state index contributed by atoms with van der Waals surface area (Å²) < 4.78 is 4.91. The number of halogens is 1. The molecule has 4 nitrogen and oxygen atoms in total. The molecule has 15 heavy (non-hydrogen) atoms. The van der Waals surface area contributed by atoms with E-state index in [9.17, 15) is 9.59 Å². The average Bonchev–Trinajstić information content (AvgIpc) is 2.29. The lowest BCUT2D eigenvalue weighted by molar-refractivity contribution is -0.147. The molecule has 0 unspecified atom stereocenters. The summed E-state index contributed by atoms with van der Waals surface area (Å²) in [5.41, 5.74) is 0. The first-order valence-corrected chi connectivity index (χ1v) is 4.56. The minimum atomic E-state index is -1.48. The summed E-state index contributed by atoms with van der Waals surface area (Å²) in [5, 5.41) is 7.75. The van der Waals surface area contributed by atoms with Gasteiger partial charge in [0.25, 0.3) is 5.78 Å². The van der Waals surface area contributed by atoms with Crippen LogP contribution in [0.15, 0.2) is 30.3 Å². The van der Waals surface area contributed by atoms with Crippen molar-refractivity contribution in [1.29, 1.82) is 0 Å². The van der Waals surface area contributed by atoms with Crippen LogP contribution in [-0.4, -0.2) is 29.8 Å². The number of carbonyl (C=O) groups is 2. The molecule has 0 bridgehead atoms. The van der Waals surface area contributed by atoms with Crippen molar-refractivity contribution in [2.75, 3.05) is 13.0 Å². The van der Waals surface area contributed by atoms with Gasteiger partial charge in [0.2, 0.25) is 0 Å². The topological polar surface area (TPSA) is 63.6 Å². The van der Waals surface area contributed by atoms with Gasteiger partial charge in [-0.1, -0.05) is 18.2 Å². The van der Waals surface area contributed by atoms with Crippen LogP contribution in [0.1, 0.15) is 0 Å². The first kappa shape index (κ1) is 13.4. The summed E-state index contributed by atoms with van der Waals surface area (Å²) in [5.74, 6) is -1.99. The zero-order valence-electron chi connectivity index (χ0n) is 8.14. The van der Waals surface area contributed by atoms with Crippen LogP contribution in [-0.2, 0) is 9.59 Å². The van der Waals surface area contributed by atoms with Crippen molar-refractivity contribution in [2.24, 2.45) is 0 Å². The Kier molecular flexibility index (Phi) is 7.01. The van der Waals surface area contributed by atoms with Gasteiger partial charge in [-0.2, -0.15) is 0 Å². The molecule has 0 fully saturated rings. The van der Waals surface area contributed by atoms with E-state index >= 15 is 0 Å². The van der Waals surface area contributed by atoms with Crippen molar-refractivity contribution in [3.8, 4) is 5.75 Å². The van der Waals surface area contributed by atoms with Crippen molar-refractivity contribution in [2.45, 2.75) is 0 Å². The highest BCUT2D eigenvalue weighted by Gasteiger charge is 2.06. The van der Waals surface area contributed by atoms with Gasteiger partial charge in [0.05, 0.1) is 13.0 Å². The molecule has 0 aliphatic carbocycles. The Hall–Kier alpha value is -1.55. The molecule has 1 aromatic rings. The summed E-state index contributed by atoms with van der Waals surface area (Å²) in [4.78, 5) is 19.3. The number of methoxy groups -OCH3 is 1. The Morgan fingerprint density at radius 2 is 1.87 bits per heavy atom. The third-order valence-electron chi connectivity index (χ3n) is 1.34. The first-order chi connectivity index (χ1) is 7.11. The summed E-state index contributed by atoms with van der Waals surface area (Å²) in [6.45, 7) is 0. The van der Waals surface area contributed by atoms with Crippen LogP contribution in [0, 0.1) is 0 Å². The van der Waals surface area contributed by atoms with Crippen LogP contribution in [0.4, 0.5) is 0 Å². The molecule has 1 N–H and O–H groups in total. The molecule has 0 atom stereocenters. The van der Waals surface area contributed by atoms with Gasteiger partial charge in [-0.15, -0.1) is 11.6 Å². The molecule has 0 radical (unpaired) electrons. The molecular weight excluding hydrogens is 220 g/mol. The smallest absolute Gasteiger partial charge is 0.373 e. The van der Waals surface area contributed by atoms with Crippen molar-refractivity contribution < 1.29 is 19.4 Å². The summed E-state index contributed by atoms with van der Waals surface area (Å²) in [6.07, 6.45) is 0. The number of carboxylic acid groups (broad SMARTS) is 1. The number of carboxylic acids is 1. The number of Topliss-reactive ketones (excluding diaryl/α,β-unsaturated/α-hetero) is 1. The highest BCUT2D eigenvalue weighted by atomic mass is 35.5. The molecule has 0 spiro atoms. The third kappa shape index (κ3) is 6.51. The number of ether oxygens (including phenoxy) is 1. The second kappa shape index (κ2) is 7.82. The molecule has 5 heteroatoms. The van der Waals surface area contributed by atoms with Gasteiger partial charge in [-0.3, -0.25) is 4.79 Å². The summed E-state index contributed by atoms with van der Waals surface area (Å²) in [7, 11) is 1.66. The van der Waals surface area contributed by atoms with Crippen molar-refractivity contribution >= 4 is 23.4 Å². The fourth-order valence-electron chi connectivity index (χ4n) is 0.614. The van der Waals surface area contributed by atoms with Gasteiger partial charge < -0.3 is 9.84 Å². The lowest BCUT2D eigenvalue weighted by atomic mass is 10.3. The molecule has 0 amide bonds. The van der Waals surface area contributed by atoms with E-state index in [1.807, 2.05) is 30.3 Å². The van der Waals surface area contributed by atoms with Crippen molar-refractivity contribution in [3.63, 3.8) is 0 Å². The molecule has 0 saturated heterocycles. The molecule has 0 aromatic heterocycles. The Morgan fingerprint density at radius 3 is 2.07 bits per heavy atom. The normalized spacial score (nSPS) is 8.40. The maximum absolute atomic E-state index is 9.78. The number of alkyl halides is 1. The number of ketones is 1. The minimum Gasteiger partial charge on any atom is -0.497 e. The monoisotopic (exact) mass is 230 g/mol. The standard InChI is InChI=1S/C7H8O.C3H3ClO3/c1-8-7-5-3-2-4-6-7;4-1-2(5)3(6)7/h2-6H,1H3;1H2,(H,6,7). The van der Waals surface area contributed by atoms with Crippen LogP contribution in [0.2, 0.25) is 0 Å². The fraction of sp³-hybridized carbons (Fsp3) is 0.200. The van der Waals surface area contributed by atoms with E-state index in [1.165, 1.54) is 0 Å². The lowest BCUT2D eigenvalue weighted by Crippen LogP contribution is -2.12. The van der Waals surface area contributed by atoms with Crippen LogP contribution in [0.5, 0.6) is 5.75 Å². The molecule has 0 aliphatic rings. The number of hydrogen-bond acceptors (Lipinski definition) is 3. The Bertz CT molecular complexity index is 310. The summed E-state index contributed by atoms with van der Waals surface area (Å²) in [6, 6.07) is 9.68. The Balaban J connectivity index is 0.000000265. The second-order valence-electron chi connectivity index (χ2n) is 2.38. The minimum absolute atomic E-state index is 0.449. The Labute approximate surface area is 92.4 Å². The lowest BCUT2D eigenvalue weighted by Gasteiger charge is -1.93. The second-order valence-corrected chi connectivity index (χ2v) is 2.65. The number of para-hydroxylation sites is 1. The van der Waals surface area contributed by atoms with Crippen molar-refractivity contribution in [3.05, 3.63) is 30.3 Å². The highest BCUT2D eigenvalue weighted by Crippen LogP contribution is 2.05. The van der Waals surface area contributed by atoms with Gasteiger partial charge in [0.1, 0.15) is 5.75 Å². The molecular formula is C10H11ClO4.